The van der Waals surface area contributed by atoms with Crippen LogP contribution in [0.1, 0.15) is 12.8 Å². The Hall–Kier alpha value is -4.62. The number of benzene rings is 5. The van der Waals surface area contributed by atoms with Gasteiger partial charge in [-0.05, 0) is 74.3 Å². The monoisotopic (exact) mass is 499 g/mol. The van der Waals surface area contributed by atoms with Crippen LogP contribution in [0, 0.1) is 5.92 Å². The molecule has 1 heterocycles. The van der Waals surface area contributed by atoms with Crippen LogP contribution in [0.4, 0.5) is 5.69 Å². The van der Waals surface area contributed by atoms with Crippen LogP contribution in [-0.2, 0) is 0 Å². The Kier molecular flexibility index (Phi) is 5.16. The van der Waals surface area contributed by atoms with E-state index in [0.717, 1.165) is 12.8 Å². The number of hydrogen-bond donors (Lipinski definition) is 0. The maximum Gasteiger partial charge on any atom is 0.0626 e. The van der Waals surface area contributed by atoms with E-state index in [1.807, 2.05) is 0 Å². The van der Waals surface area contributed by atoms with Gasteiger partial charge in [0.05, 0.1) is 6.04 Å². The summed E-state index contributed by atoms with van der Waals surface area (Å²) in [6.45, 7) is 0. The Morgan fingerprint density at radius 2 is 1.13 bits per heavy atom. The minimum atomic E-state index is 0.361. The molecular formula is C38H29N. The summed E-state index contributed by atoms with van der Waals surface area (Å²) in [6.07, 6.45) is 16.1. The van der Waals surface area contributed by atoms with Gasteiger partial charge in [-0.15, -0.1) is 0 Å². The normalized spacial score (nSPS) is 19.6. The van der Waals surface area contributed by atoms with Gasteiger partial charge < -0.3 is 4.90 Å². The van der Waals surface area contributed by atoms with E-state index in [1.165, 1.54) is 60.8 Å². The van der Waals surface area contributed by atoms with Crippen molar-refractivity contribution in [3.8, 4) is 22.3 Å². The molecule has 0 bridgehead atoms. The molecule has 2 aliphatic carbocycles. The third-order valence-corrected chi connectivity index (χ3v) is 8.66. The van der Waals surface area contributed by atoms with Gasteiger partial charge in [0.15, 0.2) is 0 Å². The molecule has 0 saturated carbocycles. The molecule has 8 rings (SSSR count). The minimum Gasteiger partial charge on any atom is -0.337 e. The summed E-state index contributed by atoms with van der Waals surface area (Å²) in [4.78, 5) is 2.59. The van der Waals surface area contributed by atoms with Gasteiger partial charge >= 0.3 is 0 Å². The molecule has 0 spiro atoms. The second-order valence-electron chi connectivity index (χ2n) is 10.8. The predicted molar refractivity (Wildman–Crippen MR) is 166 cm³/mol. The number of nitrogens with zero attached hydrogens (tertiary/aromatic N) is 1. The van der Waals surface area contributed by atoms with Crippen LogP contribution in [-0.4, -0.2) is 6.04 Å². The third kappa shape index (κ3) is 3.47. The van der Waals surface area contributed by atoms with Gasteiger partial charge in [0.1, 0.15) is 0 Å². The number of allylic oxidation sites excluding steroid dienone is 5. The van der Waals surface area contributed by atoms with Crippen molar-refractivity contribution in [3.63, 3.8) is 0 Å². The first-order valence-electron chi connectivity index (χ1n) is 14.0. The van der Waals surface area contributed by atoms with Gasteiger partial charge in [-0.3, -0.25) is 0 Å². The average Bonchev–Trinajstić information content (AvgIpc) is 3.35. The zero-order valence-electron chi connectivity index (χ0n) is 21.8. The lowest BCUT2D eigenvalue weighted by Gasteiger charge is -2.31. The molecule has 0 radical (unpaired) electrons. The predicted octanol–water partition coefficient (Wildman–Crippen LogP) is 9.86. The fraction of sp³-hybridized carbons (Fsp3) is 0.105. The van der Waals surface area contributed by atoms with E-state index in [1.54, 1.807) is 0 Å². The molecular weight excluding hydrogens is 470 g/mol. The fourth-order valence-corrected chi connectivity index (χ4v) is 7.02. The molecule has 186 valence electrons. The SMILES string of the molecule is C1=CC2C3=C(CCC=C3)N(c3ccc(-c4c5ccccc5c(-c5ccccc5)c5ccccc45)cc3)C2C=C1. The van der Waals surface area contributed by atoms with E-state index in [2.05, 4.69) is 144 Å². The standard InChI is InChI=1S/C38H29N/c1-2-12-26(13-3-1)37-31-16-4-6-18-33(31)38(34-19-7-5-17-32(34)37)27-22-24-28(25-23-27)39-35-20-10-8-14-29(35)30-15-9-11-21-36(30)39/h1-10,12-20,22-25,29,35H,11,21H2. The van der Waals surface area contributed by atoms with Crippen LogP contribution in [0.25, 0.3) is 43.8 Å². The summed E-state index contributed by atoms with van der Waals surface area (Å²) in [7, 11) is 0. The van der Waals surface area contributed by atoms with Gasteiger partial charge in [0.25, 0.3) is 0 Å². The Morgan fingerprint density at radius 1 is 0.564 bits per heavy atom. The molecule has 5 aromatic carbocycles. The second kappa shape index (κ2) is 8.99. The van der Waals surface area contributed by atoms with E-state index in [4.69, 9.17) is 0 Å². The number of fused-ring (bicyclic) bond motifs is 4. The average molecular weight is 500 g/mol. The fourth-order valence-electron chi connectivity index (χ4n) is 7.02. The first kappa shape index (κ1) is 22.4. The Labute approximate surface area is 229 Å². The van der Waals surface area contributed by atoms with Crippen molar-refractivity contribution in [3.05, 3.63) is 151 Å². The van der Waals surface area contributed by atoms with E-state index in [0.29, 0.717) is 12.0 Å². The van der Waals surface area contributed by atoms with Crippen LogP contribution in [0.2, 0.25) is 0 Å². The largest absolute Gasteiger partial charge is 0.337 e. The topological polar surface area (TPSA) is 3.24 Å². The van der Waals surface area contributed by atoms with Crippen LogP contribution in [0.3, 0.4) is 0 Å². The Morgan fingerprint density at radius 3 is 1.77 bits per heavy atom. The molecule has 2 unspecified atom stereocenters. The highest BCUT2D eigenvalue weighted by Crippen LogP contribution is 2.46. The van der Waals surface area contributed by atoms with Crippen molar-refractivity contribution >= 4 is 27.2 Å². The lowest BCUT2D eigenvalue weighted by atomic mass is 9.86. The molecule has 1 heteroatoms. The molecule has 3 aliphatic rings. The maximum absolute atomic E-state index is 2.59. The summed E-state index contributed by atoms with van der Waals surface area (Å²) in [5, 5.41) is 5.19. The Bertz CT molecular complexity index is 1790. The molecule has 2 atom stereocenters. The summed E-state index contributed by atoms with van der Waals surface area (Å²) in [6, 6.07) is 38.3. The van der Waals surface area contributed by atoms with Crippen molar-refractivity contribution in [1.82, 2.24) is 0 Å². The van der Waals surface area contributed by atoms with Gasteiger partial charge in [-0.25, -0.2) is 0 Å². The van der Waals surface area contributed by atoms with Gasteiger partial charge in [0, 0.05) is 17.3 Å². The van der Waals surface area contributed by atoms with Gasteiger partial charge in [-0.2, -0.15) is 0 Å². The molecule has 1 aliphatic heterocycles. The molecule has 0 N–H and O–H groups in total. The zero-order chi connectivity index (χ0) is 25.8. The number of anilines is 1. The van der Waals surface area contributed by atoms with Gasteiger partial charge in [-0.1, -0.05) is 127 Å². The smallest absolute Gasteiger partial charge is 0.0626 e. The van der Waals surface area contributed by atoms with Crippen molar-refractivity contribution in [1.29, 1.82) is 0 Å². The highest BCUT2D eigenvalue weighted by molar-refractivity contribution is 6.21. The van der Waals surface area contributed by atoms with Crippen LogP contribution < -0.4 is 4.90 Å². The van der Waals surface area contributed by atoms with Gasteiger partial charge in [0.2, 0.25) is 0 Å². The molecule has 5 aromatic rings. The van der Waals surface area contributed by atoms with Crippen molar-refractivity contribution in [2.75, 3.05) is 4.90 Å². The quantitative estimate of drug-likeness (QED) is 0.223. The molecule has 0 fully saturated rings. The highest BCUT2D eigenvalue weighted by atomic mass is 15.2. The minimum absolute atomic E-state index is 0.361. The Balaban J connectivity index is 1.30. The molecule has 0 amide bonds. The first-order valence-corrected chi connectivity index (χ1v) is 14.0. The lowest BCUT2D eigenvalue weighted by Crippen LogP contribution is -2.32. The van der Waals surface area contributed by atoms with E-state index >= 15 is 0 Å². The third-order valence-electron chi connectivity index (χ3n) is 8.66. The van der Waals surface area contributed by atoms with Crippen molar-refractivity contribution < 1.29 is 0 Å². The van der Waals surface area contributed by atoms with E-state index < -0.39 is 0 Å². The molecule has 39 heavy (non-hydrogen) atoms. The lowest BCUT2D eigenvalue weighted by molar-refractivity contribution is 0.681. The van der Waals surface area contributed by atoms with Crippen molar-refractivity contribution in [2.24, 2.45) is 5.92 Å². The maximum atomic E-state index is 2.59. The summed E-state index contributed by atoms with van der Waals surface area (Å²) in [5.41, 5.74) is 9.40. The van der Waals surface area contributed by atoms with Crippen LogP contribution >= 0.6 is 0 Å². The molecule has 1 nitrogen and oxygen atoms in total. The summed E-state index contributed by atoms with van der Waals surface area (Å²) >= 11 is 0. The highest BCUT2D eigenvalue weighted by Gasteiger charge is 2.38. The van der Waals surface area contributed by atoms with E-state index in [-0.39, 0.29) is 0 Å². The molecule has 0 aromatic heterocycles. The van der Waals surface area contributed by atoms with Crippen LogP contribution in [0.15, 0.2) is 151 Å². The number of rotatable bonds is 3. The van der Waals surface area contributed by atoms with Crippen LogP contribution in [0.5, 0.6) is 0 Å². The van der Waals surface area contributed by atoms with Crippen molar-refractivity contribution in [2.45, 2.75) is 18.9 Å². The number of hydrogen-bond acceptors (Lipinski definition) is 1. The molecule has 0 saturated heterocycles. The second-order valence-corrected chi connectivity index (χ2v) is 10.8. The zero-order valence-corrected chi connectivity index (χ0v) is 21.8. The summed E-state index contributed by atoms with van der Waals surface area (Å²) < 4.78 is 0. The first-order chi connectivity index (χ1) is 19.4. The summed E-state index contributed by atoms with van der Waals surface area (Å²) in [5.74, 6) is 0.444. The van der Waals surface area contributed by atoms with E-state index in [9.17, 15) is 0 Å².